The van der Waals surface area contributed by atoms with Gasteiger partial charge >= 0.3 is 0 Å². The average Bonchev–Trinajstić information content (AvgIpc) is 2.66. The normalized spacial score (nSPS) is 11.4. The smallest absolute Gasteiger partial charge is 0.157 e. The minimum Gasteiger partial charge on any atom is -0.464 e. The van der Waals surface area contributed by atoms with Crippen molar-refractivity contribution in [2.75, 3.05) is 5.73 Å². The van der Waals surface area contributed by atoms with E-state index in [-0.39, 0.29) is 0 Å². The molecule has 3 rings (SSSR count). The van der Waals surface area contributed by atoms with Crippen molar-refractivity contribution in [3.05, 3.63) is 30.7 Å². The molecule has 0 spiro atoms. The Kier molecular flexibility index (Phi) is 1.05. The van der Waals surface area contributed by atoms with Gasteiger partial charge in [0.1, 0.15) is 5.58 Å². The number of furan rings is 2. The molecule has 3 nitrogen and oxygen atoms in total. The molecule has 2 N–H and O–H groups in total. The molecule has 13 heavy (non-hydrogen) atoms. The van der Waals surface area contributed by atoms with Gasteiger partial charge in [-0.1, -0.05) is 0 Å². The van der Waals surface area contributed by atoms with Crippen molar-refractivity contribution >= 4 is 27.6 Å². The molecule has 1 aromatic carbocycles. The first-order valence-corrected chi connectivity index (χ1v) is 3.99. The van der Waals surface area contributed by atoms with Crippen molar-refractivity contribution in [3.8, 4) is 0 Å². The van der Waals surface area contributed by atoms with E-state index in [1.54, 1.807) is 18.6 Å². The molecule has 0 fully saturated rings. The van der Waals surface area contributed by atoms with Crippen molar-refractivity contribution in [2.45, 2.75) is 0 Å². The van der Waals surface area contributed by atoms with Crippen molar-refractivity contribution in [1.29, 1.82) is 0 Å². The van der Waals surface area contributed by atoms with Gasteiger partial charge in [0.15, 0.2) is 5.58 Å². The summed E-state index contributed by atoms with van der Waals surface area (Å²) >= 11 is 0. The molecule has 3 heteroatoms. The van der Waals surface area contributed by atoms with Crippen LogP contribution in [-0.2, 0) is 0 Å². The third kappa shape index (κ3) is 0.731. The Labute approximate surface area is 73.7 Å². The summed E-state index contributed by atoms with van der Waals surface area (Å²) < 4.78 is 10.5. The lowest BCUT2D eigenvalue weighted by molar-refractivity contribution is 0.612. The number of nitrogen functional groups attached to an aromatic ring is 1. The predicted octanol–water partition coefficient (Wildman–Crippen LogP) is 2.76. The molecule has 2 heterocycles. The largest absolute Gasteiger partial charge is 0.464 e. The van der Waals surface area contributed by atoms with E-state index in [1.807, 2.05) is 12.1 Å². The minimum atomic E-state index is 0.613. The monoisotopic (exact) mass is 173 g/mol. The van der Waals surface area contributed by atoms with Crippen molar-refractivity contribution in [1.82, 2.24) is 0 Å². The fraction of sp³-hybridized carbons (Fsp3) is 0. The number of rotatable bonds is 0. The van der Waals surface area contributed by atoms with E-state index in [0.717, 1.165) is 21.9 Å². The summed E-state index contributed by atoms with van der Waals surface area (Å²) in [5.41, 5.74) is 7.91. The SMILES string of the molecule is Nc1cc2occc2c2ccoc12. The summed E-state index contributed by atoms with van der Waals surface area (Å²) in [6.45, 7) is 0. The lowest BCUT2D eigenvalue weighted by Crippen LogP contribution is -1.84. The summed E-state index contributed by atoms with van der Waals surface area (Å²) in [5, 5.41) is 2.04. The van der Waals surface area contributed by atoms with Gasteiger partial charge in [-0.3, -0.25) is 0 Å². The van der Waals surface area contributed by atoms with E-state index in [2.05, 4.69) is 0 Å². The van der Waals surface area contributed by atoms with E-state index in [0.29, 0.717) is 5.69 Å². The summed E-state index contributed by atoms with van der Waals surface area (Å²) in [4.78, 5) is 0. The zero-order chi connectivity index (χ0) is 8.84. The number of anilines is 1. The number of hydrogen-bond donors (Lipinski definition) is 1. The van der Waals surface area contributed by atoms with E-state index < -0.39 is 0 Å². The van der Waals surface area contributed by atoms with Crippen molar-refractivity contribution in [3.63, 3.8) is 0 Å². The zero-order valence-corrected chi connectivity index (χ0v) is 6.78. The van der Waals surface area contributed by atoms with Crippen LogP contribution in [0.25, 0.3) is 21.9 Å². The minimum absolute atomic E-state index is 0.613. The van der Waals surface area contributed by atoms with Crippen LogP contribution in [0.15, 0.2) is 39.6 Å². The molecule has 3 aromatic rings. The maximum absolute atomic E-state index is 5.77. The number of fused-ring (bicyclic) bond motifs is 3. The fourth-order valence-electron chi connectivity index (χ4n) is 1.61. The molecule has 0 saturated carbocycles. The molecule has 0 saturated heterocycles. The van der Waals surface area contributed by atoms with Crippen LogP contribution in [0.2, 0.25) is 0 Å². The molecular weight excluding hydrogens is 166 g/mol. The third-order valence-electron chi connectivity index (χ3n) is 2.20. The Balaban J connectivity index is 2.70. The van der Waals surface area contributed by atoms with Crippen LogP contribution >= 0.6 is 0 Å². The summed E-state index contributed by atoms with van der Waals surface area (Å²) in [5.74, 6) is 0. The van der Waals surface area contributed by atoms with Gasteiger partial charge in [-0.15, -0.1) is 0 Å². The van der Waals surface area contributed by atoms with Crippen molar-refractivity contribution in [2.24, 2.45) is 0 Å². The van der Waals surface area contributed by atoms with E-state index in [4.69, 9.17) is 14.6 Å². The van der Waals surface area contributed by atoms with Crippen LogP contribution in [0.4, 0.5) is 5.69 Å². The van der Waals surface area contributed by atoms with E-state index >= 15 is 0 Å². The Hall–Kier alpha value is -1.90. The van der Waals surface area contributed by atoms with Gasteiger partial charge in [0.05, 0.1) is 18.2 Å². The average molecular weight is 173 g/mol. The molecule has 2 aromatic heterocycles. The quantitative estimate of drug-likeness (QED) is 0.532. The maximum Gasteiger partial charge on any atom is 0.157 e. The highest BCUT2D eigenvalue weighted by molar-refractivity contribution is 6.08. The van der Waals surface area contributed by atoms with Crippen LogP contribution in [-0.4, -0.2) is 0 Å². The molecule has 0 atom stereocenters. The molecule has 0 radical (unpaired) electrons. The molecule has 0 amide bonds. The first kappa shape index (κ1) is 6.60. The number of hydrogen-bond acceptors (Lipinski definition) is 3. The van der Waals surface area contributed by atoms with E-state index in [9.17, 15) is 0 Å². The maximum atomic E-state index is 5.77. The van der Waals surface area contributed by atoms with Gasteiger partial charge in [0.2, 0.25) is 0 Å². The van der Waals surface area contributed by atoms with Gasteiger partial charge in [0, 0.05) is 16.8 Å². The zero-order valence-electron chi connectivity index (χ0n) is 6.78. The highest BCUT2D eigenvalue weighted by Gasteiger charge is 2.08. The Morgan fingerprint density at radius 3 is 2.69 bits per heavy atom. The van der Waals surface area contributed by atoms with Gasteiger partial charge in [0.25, 0.3) is 0 Å². The Morgan fingerprint density at radius 2 is 1.77 bits per heavy atom. The number of nitrogens with two attached hydrogens (primary N) is 1. The Morgan fingerprint density at radius 1 is 1.00 bits per heavy atom. The van der Waals surface area contributed by atoms with Crippen molar-refractivity contribution < 1.29 is 8.83 Å². The summed E-state index contributed by atoms with van der Waals surface area (Å²) in [7, 11) is 0. The second-order valence-electron chi connectivity index (χ2n) is 2.96. The highest BCUT2D eigenvalue weighted by atomic mass is 16.3. The first-order valence-electron chi connectivity index (χ1n) is 3.99. The molecule has 0 bridgehead atoms. The van der Waals surface area contributed by atoms with Crippen LogP contribution in [0.1, 0.15) is 0 Å². The van der Waals surface area contributed by atoms with Gasteiger partial charge in [-0.05, 0) is 12.1 Å². The molecular formula is C10H7NO2. The van der Waals surface area contributed by atoms with Crippen LogP contribution < -0.4 is 5.73 Å². The van der Waals surface area contributed by atoms with Crippen LogP contribution in [0.5, 0.6) is 0 Å². The molecule has 0 aliphatic heterocycles. The molecule has 0 unspecified atom stereocenters. The highest BCUT2D eigenvalue weighted by Crippen LogP contribution is 2.31. The second kappa shape index (κ2) is 2.07. The summed E-state index contributed by atoms with van der Waals surface area (Å²) in [6.07, 6.45) is 3.28. The van der Waals surface area contributed by atoms with Gasteiger partial charge < -0.3 is 14.6 Å². The van der Waals surface area contributed by atoms with Crippen LogP contribution in [0.3, 0.4) is 0 Å². The second-order valence-corrected chi connectivity index (χ2v) is 2.96. The lowest BCUT2D eigenvalue weighted by atomic mass is 10.1. The predicted molar refractivity (Wildman–Crippen MR) is 50.4 cm³/mol. The van der Waals surface area contributed by atoms with Gasteiger partial charge in [-0.25, -0.2) is 0 Å². The van der Waals surface area contributed by atoms with Gasteiger partial charge in [-0.2, -0.15) is 0 Å². The van der Waals surface area contributed by atoms with E-state index in [1.165, 1.54) is 0 Å². The standard InChI is InChI=1S/C10H7NO2/c11-8-5-9-6(1-3-12-9)7-2-4-13-10(7)8/h1-5H,11H2. The molecule has 64 valence electrons. The Bertz CT molecular complexity index is 577. The lowest BCUT2D eigenvalue weighted by Gasteiger charge is -1.95. The molecule has 0 aliphatic carbocycles. The molecule has 0 aliphatic rings. The number of benzene rings is 1. The third-order valence-corrected chi connectivity index (χ3v) is 2.20. The fourth-order valence-corrected chi connectivity index (χ4v) is 1.61. The van der Waals surface area contributed by atoms with Crippen LogP contribution in [0, 0.1) is 0 Å². The first-order chi connectivity index (χ1) is 6.36. The topological polar surface area (TPSA) is 52.3 Å². The summed E-state index contributed by atoms with van der Waals surface area (Å²) in [6, 6.07) is 5.58.